The zero-order valence-electron chi connectivity index (χ0n) is 6.72. The van der Waals surface area contributed by atoms with Crippen molar-refractivity contribution in [3.05, 3.63) is 23.8 Å². The largest absolute Gasteiger partial charge is 0.322 e. The highest BCUT2D eigenvalue weighted by atomic mass is 14.7. The first kappa shape index (κ1) is 7.55. The summed E-state index contributed by atoms with van der Waals surface area (Å²) in [5.41, 5.74) is 7.26. The van der Waals surface area contributed by atoms with E-state index in [1.165, 1.54) is 5.57 Å². The van der Waals surface area contributed by atoms with E-state index in [0.717, 1.165) is 12.8 Å². The first-order valence-corrected chi connectivity index (χ1v) is 3.81. The molecule has 0 saturated heterocycles. The van der Waals surface area contributed by atoms with Gasteiger partial charge in [-0.1, -0.05) is 30.7 Å². The Morgan fingerprint density at radius 2 is 2.40 bits per heavy atom. The number of nitrogens with two attached hydrogens (primary N) is 1. The molecule has 2 N–H and O–H groups in total. The standard InChI is InChI=1S/C9H15N/c1-3-9(10)6-4-8(2)5-7-9/h4-6H,3,7,10H2,1-2H3. The van der Waals surface area contributed by atoms with Crippen molar-refractivity contribution < 1.29 is 0 Å². The molecule has 0 aromatic carbocycles. The topological polar surface area (TPSA) is 26.0 Å². The highest BCUT2D eigenvalue weighted by molar-refractivity contribution is 5.26. The van der Waals surface area contributed by atoms with Crippen LogP contribution in [0.1, 0.15) is 26.7 Å². The molecule has 0 bridgehead atoms. The average Bonchev–Trinajstić information content (AvgIpc) is 1.96. The zero-order chi connectivity index (χ0) is 7.61. The molecule has 0 saturated carbocycles. The van der Waals surface area contributed by atoms with Gasteiger partial charge in [-0.15, -0.1) is 0 Å². The lowest BCUT2D eigenvalue weighted by Crippen LogP contribution is -2.37. The van der Waals surface area contributed by atoms with Crippen molar-refractivity contribution >= 4 is 0 Å². The molecule has 1 nitrogen and oxygen atoms in total. The van der Waals surface area contributed by atoms with Crippen LogP contribution < -0.4 is 5.73 Å². The van der Waals surface area contributed by atoms with Gasteiger partial charge in [0.2, 0.25) is 0 Å². The fourth-order valence-corrected chi connectivity index (χ4v) is 1.05. The molecule has 0 heterocycles. The maximum Gasteiger partial charge on any atom is 0.0374 e. The predicted octanol–water partition coefficient (Wildman–Crippen LogP) is 2.00. The SMILES string of the molecule is CCC1(N)C=CC(C)=CC1. The van der Waals surface area contributed by atoms with E-state index >= 15 is 0 Å². The van der Waals surface area contributed by atoms with Gasteiger partial charge in [-0.25, -0.2) is 0 Å². The summed E-state index contributed by atoms with van der Waals surface area (Å²) in [6.07, 6.45) is 8.43. The molecule has 0 radical (unpaired) electrons. The van der Waals surface area contributed by atoms with Gasteiger partial charge in [-0.3, -0.25) is 0 Å². The molecule has 0 aliphatic heterocycles. The van der Waals surface area contributed by atoms with Crippen molar-refractivity contribution in [1.29, 1.82) is 0 Å². The van der Waals surface area contributed by atoms with Gasteiger partial charge >= 0.3 is 0 Å². The van der Waals surface area contributed by atoms with E-state index in [-0.39, 0.29) is 5.54 Å². The van der Waals surface area contributed by atoms with E-state index in [9.17, 15) is 0 Å². The van der Waals surface area contributed by atoms with Crippen molar-refractivity contribution in [1.82, 2.24) is 0 Å². The van der Waals surface area contributed by atoms with E-state index in [1.807, 2.05) is 0 Å². The van der Waals surface area contributed by atoms with Crippen molar-refractivity contribution in [3.8, 4) is 0 Å². The Labute approximate surface area is 62.6 Å². The third-order valence-electron chi connectivity index (χ3n) is 2.14. The average molecular weight is 137 g/mol. The van der Waals surface area contributed by atoms with Crippen LogP contribution in [0.4, 0.5) is 0 Å². The summed E-state index contributed by atoms with van der Waals surface area (Å²) >= 11 is 0. The molecule has 0 amide bonds. The summed E-state index contributed by atoms with van der Waals surface area (Å²) in [6, 6.07) is 0. The minimum atomic E-state index is -0.0560. The zero-order valence-corrected chi connectivity index (χ0v) is 6.72. The fourth-order valence-electron chi connectivity index (χ4n) is 1.05. The van der Waals surface area contributed by atoms with Gasteiger partial charge in [-0.2, -0.15) is 0 Å². The molecule has 0 aromatic heterocycles. The molecule has 1 atom stereocenters. The van der Waals surface area contributed by atoms with Crippen LogP contribution in [-0.2, 0) is 0 Å². The number of hydrogen-bond donors (Lipinski definition) is 1. The van der Waals surface area contributed by atoms with Crippen LogP contribution in [0.15, 0.2) is 23.8 Å². The molecular weight excluding hydrogens is 122 g/mol. The minimum Gasteiger partial charge on any atom is -0.322 e. The van der Waals surface area contributed by atoms with Gasteiger partial charge < -0.3 is 5.73 Å². The maximum atomic E-state index is 5.99. The van der Waals surface area contributed by atoms with E-state index in [4.69, 9.17) is 5.73 Å². The van der Waals surface area contributed by atoms with Crippen LogP contribution in [0, 0.1) is 0 Å². The van der Waals surface area contributed by atoms with E-state index in [0.29, 0.717) is 0 Å². The highest BCUT2D eigenvalue weighted by Crippen LogP contribution is 2.20. The second-order valence-electron chi connectivity index (χ2n) is 3.07. The molecule has 56 valence electrons. The Morgan fingerprint density at radius 1 is 1.70 bits per heavy atom. The Morgan fingerprint density at radius 3 is 2.80 bits per heavy atom. The molecular formula is C9H15N. The molecule has 0 spiro atoms. The minimum absolute atomic E-state index is 0.0560. The summed E-state index contributed by atoms with van der Waals surface area (Å²) < 4.78 is 0. The number of allylic oxidation sites excluding steroid dienone is 2. The van der Waals surface area contributed by atoms with E-state index in [2.05, 4.69) is 32.1 Å². The second-order valence-corrected chi connectivity index (χ2v) is 3.07. The first-order chi connectivity index (χ1) is 4.66. The van der Waals surface area contributed by atoms with Crippen molar-refractivity contribution in [2.75, 3.05) is 0 Å². The Balaban J connectivity index is 2.67. The van der Waals surface area contributed by atoms with Crippen LogP contribution in [0.25, 0.3) is 0 Å². The highest BCUT2D eigenvalue weighted by Gasteiger charge is 2.18. The van der Waals surface area contributed by atoms with Crippen molar-refractivity contribution in [2.45, 2.75) is 32.2 Å². The van der Waals surface area contributed by atoms with Gasteiger partial charge in [0.15, 0.2) is 0 Å². The van der Waals surface area contributed by atoms with Crippen LogP contribution in [0.2, 0.25) is 0 Å². The smallest absolute Gasteiger partial charge is 0.0374 e. The molecule has 1 rings (SSSR count). The summed E-state index contributed by atoms with van der Waals surface area (Å²) in [6.45, 7) is 4.23. The van der Waals surface area contributed by atoms with Crippen molar-refractivity contribution in [2.24, 2.45) is 5.73 Å². The lowest BCUT2D eigenvalue weighted by molar-refractivity contribution is 0.511. The van der Waals surface area contributed by atoms with Gasteiger partial charge in [0, 0.05) is 5.54 Å². The normalized spacial score (nSPS) is 32.1. The molecule has 1 heteroatoms. The van der Waals surface area contributed by atoms with E-state index < -0.39 is 0 Å². The molecule has 1 aliphatic carbocycles. The molecule has 1 aliphatic rings. The van der Waals surface area contributed by atoms with Crippen LogP contribution in [-0.4, -0.2) is 5.54 Å². The quantitative estimate of drug-likeness (QED) is 0.587. The third kappa shape index (κ3) is 1.48. The van der Waals surface area contributed by atoms with Crippen LogP contribution in [0.5, 0.6) is 0 Å². The number of hydrogen-bond acceptors (Lipinski definition) is 1. The summed E-state index contributed by atoms with van der Waals surface area (Å²) in [5.74, 6) is 0. The Kier molecular flexibility index (Phi) is 1.95. The monoisotopic (exact) mass is 137 g/mol. The number of rotatable bonds is 1. The summed E-state index contributed by atoms with van der Waals surface area (Å²) in [7, 11) is 0. The third-order valence-corrected chi connectivity index (χ3v) is 2.14. The van der Waals surface area contributed by atoms with Gasteiger partial charge in [0.1, 0.15) is 0 Å². The Bertz CT molecular complexity index is 179. The van der Waals surface area contributed by atoms with Gasteiger partial charge in [-0.05, 0) is 19.8 Å². The first-order valence-electron chi connectivity index (χ1n) is 3.81. The molecule has 0 fully saturated rings. The lowest BCUT2D eigenvalue weighted by Gasteiger charge is -2.25. The summed E-state index contributed by atoms with van der Waals surface area (Å²) in [5, 5.41) is 0. The summed E-state index contributed by atoms with van der Waals surface area (Å²) in [4.78, 5) is 0. The van der Waals surface area contributed by atoms with Gasteiger partial charge in [0.05, 0.1) is 0 Å². The van der Waals surface area contributed by atoms with Crippen LogP contribution >= 0.6 is 0 Å². The maximum absolute atomic E-state index is 5.99. The lowest BCUT2D eigenvalue weighted by atomic mass is 9.88. The van der Waals surface area contributed by atoms with E-state index in [1.54, 1.807) is 0 Å². The molecule has 0 aromatic rings. The Hall–Kier alpha value is -0.560. The molecule has 10 heavy (non-hydrogen) atoms. The van der Waals surface area contributed by atoms with Crippen molar-refractivity contribution in [3.63, 3.8) is 0 Å². The fraction of sp³-hybridized carbons (Fsp3) is 0.556. The van der Waals surface area contributed by atoms with Gasteiger partial charge in [0.25, 0.3) is 0 Å². The molecule has 1 unspecified atom stereocenters. The second kappa shape index (κ2) is 2.59. The predicted molar refractivity (Wildman–Crippen MR) is 44.7 cm³/mol. The van der Waals surface area contributed by atoms with Crippen LogP contribution in [0.3, 0.4) is 0 Å².